The topological polar surface area (TPSA) is 49.6 Å². The van der Waals surface area contributed by atoms with Gasteiger partial charge in [0.2, 0.25) is 0 Å². The van der Waals surface area contributed by atoms with Crippen LogP contribution in [-0.4, -0.2) is 9.97 Å². The van der Waals surface area contributed by atoms with Gasteiger partial charge in [0.15, 0.2) is 0 Å². The van der Waals surface area contributed by atoms with Crippen LogP contribution in [0.2, 0.25) is 0 Å². The monoisotopic (exact) mass is 273 g/mol. The van der Waals surface area contributed by atoms with Crippen molar-refractivity contribution in [3.63, 3.8) is 0 Å². The Kier molecular flexibility index (Phi) is 4.13. The second kappa shape index (κ2) is 5.81. The first-order valence-corrected chi connectivity index (χ1v) is 6.71. The van der Waals surface area contributed by atoms with E-state index in [0.717, 1.165) is 5.56 Å². The maximum Gasteiger partial charge on any atom is 0.126 e. The van der Waals surface area contributed by atoms with E-state index in [0.29, 0.717) is 27.9 Å². The number of aromatic nitrogens is 2. The van der Waals surface area contributed by atoms with Gasteiger partial charge < -0.3 is 0 Å². The Bertz CT molecular complexity index is 650. The van der Waals surface area contributed by atoms with E-state index in [9.17, 15) is 4.39 Å². The van der Waals surface area contributed by atoms with Gasteiger partial charge in [-0.05, 0) is 31.5 Å². The summed E-state index contributed by atoms with van der Waals surface area (Å²) in [7, 11) is 0. The summed E-state index contributed by atoms with van der Waals surface area (Å²) in [6.45, 7) is 3.58. The van der Waals surface area contributed by atoms with Crippen molar-refractivity contribution in [2.24, 2.45) is 0 Å². The lowest BCUT2D eigenvalue weighted by Gasteiger charge is -2.06. The third-order valence-electron chi connectivity index (χ3n) is 2.54. The van der Waals surface area contributed by atoms with Gasteiger partial charge >= 0.3 is 0 Å². The number of thioether (sulfide) groups is 1. The Morgan fingerprint density at radius 3 is 2.79 bits per heavy atom. The molecule has 0 bridgehead atoms. The summed E-state index contributed by atoms with van der Waals surface area (Å²) < 4.78 is 13.1. The molecule has 0 aliphatic carbocycles. The molecule has 3 nitrogen and oxygen atoms in total. The van der Waals surface area contributed by atoms with Gasteiger partial charge in [0.25, 0.3) is 0 Å². The van der Waals surface area contributed by atoms with Crippen LogP contribution in [0, 0.1) is 31.0 Å². The first kappa shape index (κ1) is 13.5. The molecule has 0 unspecified atom stereocenters. The lowest BCUT2D eigenvalue weighted by Crippen LogP contribution is -1.99. The van der Waals surface area contributed by atoms with Crippen LogP contribution in [-0.2, 0) is 5.75 Å². The Balaban J connectivity index is 2.22. The fraction of sp³-hybridized carbons (Fsp3) is 0.214. The zero-order valence-electron chi connectivity index (χ0n) is 10.6. The van der Waals surface area contributed by atoms with Crippen LogP contribution in [0.4, 0.5) is 4.39 Å². The van der Waals surface area contributed by atoms with Crippen LogP contribution in [0.15, 0.2) is 29.3 Å². The van der Waals surface area contributed by atoms with Crippen LogP contribution in [0.1, 0.15) is 22.6 Å². The molecule has 0 radical (unpaired) electrons. The number of aryl methyl sites for hydroxylation is 2. The highest BCUT2D eigenvalue weighted by molar-refractivity contribution is 7.98. The second-order valence-corrected chi connectivity index (χ2v) is 5.03. The van der Waals surface area contributed by atoms with E-state index in [4.69, 9.17) is 5.26 Å². The Morgan fingerprint density at radius 1 is 1.32 bits per heavy atom. The average Bonchev–Trinajstić information content (AvgIpc) is 2.36. The Morgan fingerprint density at radius 2 is 2.11 bits per heavy atom. The molecular formula is C14H12FN3S. The maximum atomic E-state index is 13.1. The average molecular weight is 273 g/mol. The van der Waals surface area contributed by atoms with E-state index in [1.807, 2.05) is 6.07 Å². The van der Waals surface area contributed by atoms with Crippen LogP contribution in [0.3, 0.4) is 0 Å². The molecule has 1 aromatic carbocycles. The van der Waals surface area contributed by atoms with Crippen LogP contribution in [0.5, 0.6) is 0 Å². The smallest absolute Gasteiger partial charge is 0.126 e. The van der Waals surface area contributed by atoms with Gasteiger partial charge in [0, 0.05) is 5.75 Å². The van der Waals surface area contributed by atoms with E-state index < -0.39 is 0 Å². The Hall–Kier alpha value is -1.93. The predicted molar refractivity (Wildman–Crippen MR) is 72.2 cm³/mol. The molecule has 96 valence electrons. The quantitative estimate of drug-likeness (QED) is 0.635. The largest absolute Gasteiger partial charge is 0.237 e. The van der Waals surface area contributed by atoms with Crippen molar-refractivity contribution >= 4 is 11.8 Å². The summed E-state index contributed by atoms with van der Waals surface area (Å²) >= 11 is 1.42. The number of halogens is 1. The van der Waals surface area contributed by atoms with Crippen molar-refractivity contribution in [1.29, 1.82) is 5.26 Å². The molecule has 2 aromatic rings. The van der Waals surface area contributed by atoms with Crippen molar-refractivity contribution < 1.29 is 4.39 Å². The number of nitrogens with zero attached hydrogens (tertiary/aromatic N) is 3. The summed E-state index contributed by atoms with van der Waals surface area (Å²) in [4.78, 5) is 8.45. The summed E-state index contributed by atoms with van der Waals surface area (Å²) in [5, 5.41) is 9.78. The fourth-order valence-electron chi connectivity index (χ4n) is 1.69. The molecule has 0 fully saturated rings. The minimum Gasteiger partial charge on any atom is -0.237 e. The highest BCUT2D eigenvalue weighted by Crippen LogP contribution is 2.25. The van der Waals surface area contributed by atoms with Gasteiger partial charge in [0.1, 0.15) is 28.3 Å². The normalized spacial score (nSPS) is 10.2. The number of nitriles is 1. The molecule has 1 heterocycles. The maximum absolute atomic E-state index is 13.1. The molecule has 1 aromatic heterocycles. The van der Waals surface area contributed by atoms with Crippen molar-refractivity contribution in [3.8, 4) is 6.07 Å². The van der Waals surface area contributed by atoms with Gasteiger partial charge in [-0.1, -0.05) is 12.1 Å². The van der Waals surface area contributed by atoms with Gasteiger partial charge in [-0.15, -0.1) is 11.8 Å². The predicted octanol–water partition coefficient (Wildman–Crippen LogP) is 3.40. The number of hydrogen-bond acceptors (Lipinski definition) is 4. The molecule has 19 heavy (non-hydrogen) atoms. The minimum atomic E-state index is -0.256. The van der Waals surface area contributed by atoms with Crippen molar-refractivity contribution in [1.82, 2.24) is 9.97 Å². The zero-order valence-corrected chi connectivity index (χ0v) is 11.5. The lowest BCUT2D eigenvalue weighted by atomic mass is 10.2. The summed E-state index contributed by atoms with van der Waals surface area (Å²) in [6.07, 6.45) is 0. The SMILES string of the molecule is Cc1nc(C)c(C#N)c(SCc2cccc(F)c2)n1. The summed E-state index contributed by atoms with van der Waals surface area (Å²) in [5.74, 6) is 0.953. The molecule has 0 N–H and O–H groups in total. The number of hydrogen-bond donors (Lipinski definition) is 0. The molecule has 0 aliphatic heterocycles. The highest BCUT2D eigenvalue weighted by Gasteiger charge is 2.10. The zero-order chi connectivity index (χ0) is 13.8. The first-order chi connectivity index (χ1) is 9.10. The van der Waals surface area contributed by atoms with Crippen LogP contribution < -0.4 is 0 Å². The Labute approximate surface area is 115 Å². The third-order valence-corrected chi connectivity index (χ3v) is 3.59. The molecule has 0 amide bonds. The highest BCUT2D eigenvalue weighted by atomic mass is 32.2. The molecule has 0 saturated carbocycles. The standard InChI is InChI=1S/C14H12FN3S/c1-9-13(7-16)14(18-10(2)17-9)19-8-11-4-3-5-12(15)6-11/h3-6H,8H2,1-2H3. The number of benzene rings is 1. The van der Waals surface area contributed by atoms with Gasteiger partial charge in [0.05, 0.1) is 5.69 Å². The molecule has 0 atom stereocenters. The van der Waals surface area contributed by atoms with Gasteiger partial charge in [-0.2, -0.15) is 5.26 Å². The fourth-order valence-corrected chi connectivity index (χ4v) is 2.71. The van der Waals surface area contributed by atoms with Crippen LogP contribution in [0.25, 0.3) is 0 Å². The molecule has 0 saturated heterocycles. The summed E-state index contributed by atoms with van der Waals surface area (Å²) in [5.41, 5.74) is 2.03. The van der Waals surface area contributed by atoms with Crippen LogP contribution >= 0.6 is 11.8 Å². The molecule has 0 spiro atoms. The first-order valence-electron chi connectivity index (χ1n) is 5.72. The number of rotatable bonds is 3. The van der Waals surface area contributed by atoms with E-state index >= 15 is 0 Å². The third kappa shape index (κ3) is 3.30. The second-order valence-electron chi connectivity index (χ2n) is 4.07. The van der Waals surface area contributed by atoms with E-state index in [1.165, 1.54) is 23.9 Å². The molecule has 2 rings (SSSR count). The van der Waals surface area contributed by atoms with E-state index in [-0.39, 0.29) is 5.82 Å². The van der Waals surface area contributed by atoms with E-state index in [1.54, 1.807) is 19.9 Å². The van der Waals surface area contributed by atoms with Gasteiger partial charge in [-0.25, -0.2) is 14.4 Å². The van der Waals surface area contributed by atoms with Crippen molar-refractivity contribution in [3.05, 3.63) is 52.7 Å². The lowest BCUT2D eigenvalue weighted by molar-refractivity contribution is 0.626. The molecule has 0 aliphatic rings. The van der Waals surface area contributed by atoms with Gasteiger partial charge in [-0.3, -0.25) is 0 Å². The minimum absolute atomic E-state index is 0.256. The van der Waals surface area contributed by atoms with Crippen molar-refractivity contribution in [2.75, 3.05) is 0 Å². The summed E-state index contributed by atoms with van der Waals surface area (Å²) in [6, 6.07) is 8.54. The molecular weight excluding hydrogens is 261 g/mol. The van der Waals surface area contributed by atoms with E-state index in [2.05, 4.69) is 16.0 Å². The van der Waals surface area contributed by atoms with Crippen molar-refractivity contribution in [2.45, 2.75) is 24.6 Å². The molecule has 5 heteroatoms.